The van der Waals surface area contributed by atoms with E-state index in [4.69, 9.17) is 10.5 Å². The Balaban J connectivity index is 2.69. The molecule has 122 valence electrons. The molecule has 6 heteroatoms. The van der Waals surface area contributed by atoms with Crippen LogP contribution >= 0.6 is 0 Å². The van der Waals surface area contributed by atoms with E-state index >= 15 is 0 Å². The van der Waals surface area contributed by atoms with Crippen molar-refractivity contribution < 1.29 is 14.3 Å². The zero-order valence-corrected chi connectivity index (χ0v) is 13.8. The predicted octanol–water partition coefficient (Wildman–Crippen LogP) is 1.63. The standard InChI is InChI=1S/C15H29N3O3/c1-10(16)13(19)18(5)12-9-7-6-8-11(12)17-14(20)21-15(2,3)4/h10-12H,6-9,16H2,1-5H3,(H,17,20)/t10-,11-,12-/m0/s1. The number of rotatable bonds is 3. The van der Waals surface area contributed by atoms with Crippen LogP contribution in [0, 0.1) is 0 Å². The fourth-order valence-electron chi connectivity index (χ4n) is 2.69. The topological polar surface area (TPSA) is 84.7 Å². The number of nitrogens with one attached hydrogen (secondary N) is 1. The largest absolute Gasteiger partial charge is 0.444 e. The summed E-state index contributed by atoms with van der Waals surface area (Å²) >= 11 is 0. The van der Waals surface area contributed by atoms with E-state index in [1.807, 2.05) is 20.8 Å². The number of carbonyl (C=O) groups excluding carboxylic acids is 2. The molecule has 1 rings (SSSR count). The fourth-order valence-corrected chi connectivity index (χ4v) is 2.69. The van der Waals surface area contributed by atoms with Crippen molar-refractivity contribution in [1.29, 1.82) is 0 Å². The summed E-state index contributed by atoms with van der Waals surface area (Å²) < 4.78 is 5.30. The number of hydrogen-bond donors (Lipinski definition) is 2. The molecule has 1 aliphatic rings. The van der Waals surface area contributed by atoms with Crippen LogP contribution in [0.2, 0.25) is 0 Å². The summed E-state index contributed by atoms with van der Waals surface area (Å²) in [5.41, 5.74) is 5.14. The minimum absolute atomic E-state index is 0.0234. The lowest BCUT2D eigenvalue weighted by molar-refractivity contribution is -0.134. The number of hydrogen-bond acceptors (Lipinski definition) is 4. The van der Waals surface area contributed by atoms with Gasteiger partial charge in [-0.2, -0.15) is 0 Å². The van der Waals surface area contributed by atoms with E-state index in [0.717, 1.165) is 25.7 Å². The molecule has 0 aromatic rings. The van der Waals surface area contributed by atoms with Crippen molar-refractivity contribution in [1.82, 2.24) is 10.2 Å². The molecule has 0 heterocycles. The lowest BCUT2D eigenvalue weighted by atomic mass is 9.89. The number of ether oxygens (including phenoxy) is 1. The highest BCUT2D eigenvalue weighted by atomic mass is 16.6. The Labute approximate surface area is 127 Å². The first kappa shape index (κ1) is 17.8. The Bertz CT molecular complexity index is 377. The van der Waals surface area contributed by atoms with E-state index in [1.165, 1.54) is 0 Å². The van der Waals surface area contributed by atoms with Crippen LogP contribution in [-0.2, 0) is 9.53 Å². The minimum Gasteiger partial charge on any atom is -0.444 e. The molecule has 0 unspecified atom stereocenters. The molecule has 1 aliphatic carbocycles. The minimum atomic E-state index is -0.529. The van der Waals surface area contributed by atoms with Gasteiger partial charge in [0, 0.05) is 7.05 Å². The van der Waals surface area contributed by atoms with Gasteiger partial charge in [-0.05, 0) is 40.5 Å². The van der Waals surface area contributed by atoms with Crippen LogP contribution in [0.15, 0.2) is 0 Å². The molecule has 3 N–H and O–H groups in total. The third-order valence-corrected chi connectivity index (χ3v) is 3.67. The Morgan fingerprint density at radius 2 is 1.86 bits per heavy atom. The Hall–Kier alpha value is -1.30. The van der Waals surface area contributed by atoms with Crippen LogP contribution in [0.1, 0.15) is 53.4 Å². The SMILES string of the molecule is C[C@H](N)C(=O)N(C)[C@H]1CCCC[C@@H]1NC(=O)OC(C)(C)C. The Kier molecular flexibility index (Phi) is 6.01. The number of alkyl carbamates (subject to hydrolysis) is 1. The summed E-state index contributed by atoms with van der Waals surface area (Å²) in [6, 6.07) is -0.634. The first-order valence-electron chi connectivity index (χ1n) is 7.63. The van der Waals surface area contributed by atoms with Crippen molar-refractivity contribution in [2.45, 2.75) is 77.1 Å². The summed E-state index contributed by atoms with van der Waals surface area (Å²) in [5.74, 6) is -0.0992. The molecule has 0 saturated heterocycles. The third kappa shape index (κ3) is 5.53. The maximum absolute atomic E-state index is 12.1. The van der Waals surface area contributed by atoms with Crippen LogP contribution in [0.3, 0.4) is 0 Å². The molecule has 0 aromatic heterocycles. The molecule has 6 nitrogen and oxygen atoms in total. The van der Waals surface area contributed by atoms with Gasteiger partial charge in [-0.1, -0.05) is 12.8 Å². The average Bonchev–Trinajstić information content (AvgIpc) is 2.35. The first-order valence-corrected chi connectivity index (χ1v) is 7.63. The highest BCUT2D eigenvalue weighted by molar-refractivity contribution is 5.81. The quantitative estimate of drug-likeness (QED) is 0.829. The normalized spacial score (nSPS) is 24.1. The average molecular weight is 299 g/mol. The highest BCUT2D eigenvalue weighted by Gasteiger charge is 2.33. The summed E-state index contributed by atoms with van der Waals surface area (Å²) in [7, 11) is 1.76. The summed E-state index contributed by atoms with van der Waals surface area (Å²) in [6.45, 7) is 7.17. The second-order valence-corrected chi connectivity index (χ2v) is 6.84. The van der Waals surface area contributed by atoms with Crippen molar-refractivity contribution in [2.75, 3.05) is 7.05 Å². The van der Waals surface area contributed by atoms with E-state index in [-0.39, 0.29) is 18.0 Å². The molecule has 0 bridgehead atoms. The lowest BCUT2D eigenvalue weighted by Gasteiger charge is -2.39. The molecule has 3 atom stereocenters. The second kappa shape index (κ2) is 7.11. The van der Waals surface area contributed by atoms with Crippen LogP contribution in [0.5, 0.6) is 0 Å². The highest BCUT2D eigenvalue weighted by Crippen LogP contribution is 2.23. The van der Waals surface area contributed by atoms with Crippen molar-refractivity contribution in [3.05, 3.63) is 0 Å². The van der Waals surface area contributed by atoms with Gasteiger partial charge in [-0.15, -0.1) is 0 Å². The molecular formula is C15H29N3O3. The third-order valence-electron chi connectivity index (χ3n) is 3.67. The predicted molar refractivity (Wildman–Crippen MR) is 81.8 cm³/mol. The number of likely N-dealkylation sites (N-methyl/N-ethyl adjacent to an activating group) is 1. The first-order chi connectivity index (χ1) is 9.61. The molecule has 0 aromatic carbocycles. The molecule has 1 saturated carbocycles. The van der Waals surface area contributed by atoms with Gasteiger partial charge < -0.3 is 20.7 Å². The number of carbonyl (C=O) groups is 2. The molecule has 0 spiro atoms. The molecular weight excluding hydrogens is 270 g/mol. The van der Waals surface area contributed by atoms with E-state index in [0.29, 0.717) is 0 Å². The van der Waals surface area contributed by atoms with E-state index in [2.05, 4.69) is 5.32 Å². The van der Waals surface area contributed by atoms with E-state index in [9.17, 15) is 9.59 Å². The molecule has 0 aliphatic heterocycles. The van der Waals surface area contributed by atoms with E-state index < -0.39 is 17.7 Å². The van der Waals surface area contributed by atoms with Gasteiger partial charge in [0.1, 0.15) is 5.60 Å². The summed E-state index contributed by atoms with van der Waals surface area (Å²) in [4.78, 5) is 25.7. The van der Waals surface area contributed by atoms with Crippen LogP contribution in [-0.4, -0.2) is 47.7 Å². The van der Waals surface area contributed by atoms with Gasteiger partial charge in [-0.25, -0.2) is 4.79 Å². The summed E-state index contributed by atoms with van der Waals surface area (Å²) in [5, 5.41) is 2.90. The Morgan fingerprint density at radius 1 is 1.29 bits per heavy atom. The van der Waals surface area contributed by atoms with Gasteiger partial charge >= 0.3 is 6.09 Å². The van der Waals surface area contributed by atoms with Crippen LogP contribution in [0.4, 0.5) is 4.79 Å². The number of nitrogens with two attached hydrogens (primary N) is 1. The van der Waals surface area contributed by atoms with Gasteiger partial charge in [0.05, 0.1) is 18.1 Å². The smallest absolute Gasteiger partial charge is 0.407 e. The van der Waals surface area contributed by atoms with Crippen molar-refractivity contribution >= 4 is 12.0 Å². The maximum atomic E-state index is 12.1. The molecule has 1 fully saturated rings. The van der Waals surface area contributed by atoms with Gasteiger partial charge in [0.25, 0.3) is 0 Å². The molecule has 21 heavy (non-hydrogen) atoms. The molecule has 0 radical (unpaired) electrons. The van der Waals surface area contributed by atoms with Gasteiger partial charge in [-0.3, -0.25) is 4.79 Å². The molecule has 2 amide bonds. The van der Waals surface area contributed by atoms with Crippen LogP contribution in [0.25, 0.3) is 0 Å². The van der Waals surface area contributed by atoms with Crippen LogP contribution < -0.4 is 11.1 Å². The van der Waals surface area contributed by atoms with Crippen molar-refractivity contribution in [2.24, 2.45) is 5.73 Å². The lowest BCUT2D eigenvalue weighted by Crippen LogP contribution is -2.56. The van der Waals surface area contributed by atoms with Gasteiger partial charge in [0.2, 0.25) is 5.91 Å². The Morgan fingerprint density at radius 3 is 2.38 bits per heavy atom. The van der Waals surface area contributed by atoms with Crippen molar-refractivity contribution in [3.63, 3.8) is 0 Å². The van der Waals surface area contributed by atoms with E-state index in [1.54, 1.807) is 18.9 Å². The number of nitrogens with zero attached hydrogens (tertiary/aromatic N) is 1. The zero-order valence-electron chi connectivity index (χ0n) is 13.8. The number of amides is 2. The maximum Gasteiger partial charge on any atom is 0.407 e. The zero-order chi connectivity index (χ0) is 16.2. The fraction of sp³-hybridized carbons (Fsp3) is 0.867. The van der Waals surface area contributed by atoms with Gasteiger partial charge in [0.15, 0.2) is 0 Å². The second-order valence-electron chi connectivity index (χ2n) is 6.84. The van der Waals surface area contributed by atoms with Crippen molar-refractivity contribution in [3.8, 4) is 0 Å². The summed E-state index contributed by atoms with van der Waals surface area (Å²) in [6.07, 6.45) is 3.38. The monoisotopic (exact) mass is 299 g/mol.